The lowest BCUT2D eigenvalue weighted by atomic mass is 9.99. The average Bonchev–Trinajstić information content (AvgIpc) is 2.43. The summed E-state index contributed by atoms with van der Waals surface area (Å²) < 4.78 is 0. The second kappa shape index (κ2) is 6.92. The lowest BCUT2D eigenvalue weighted by Gasteiger charge is -2.23. The van der Waals surface area contributed by atoms with Crippen molar-refractivity contribution in [3.8, 4) is 0 Å². The molecule has 0 amide bonds. The van der Waals surface area contributed by atoms with Crippen LogP contribution < -0.4 is 10.6 Å². The lowest BCUT2D eigenvalue weighted by Crippen LogP contribution is -2.33. The molecule has 1 aliphatic rings. The Morgan fingerprint density at radius 2 is 2.21 bits per heavy atom. The maximum atomic E-state index is 9.41. The fourth-order valence-electron chi connectivity index (χ4n) is 2.77. The zero-order chi connectivity index (χ0) is 13.7. The van der Waals surface area contributed by atoms with Gasteiger partial charge in [0, 0.05) is 24.8 Å². The number of hydrogen-bond acceptors (Lipinski definition) is 3. The zero-order valence-corrected chi connectivity index (χ0v) is 12.1. The first-order chi connectivity index (χ1) is 9.20. The van der Waals surface area contributed by atoms with Crippen LogP contribution in [-0.4, -0.2) is 24.3 Å². The van der Waals surface area contributed by atoms with Crippen LogP contribution in [0.1, 0.15) is 37.8 Å². The molecule has 1 unspecified atom stereocenters. The number of nitrogens with one attached hydrogen (secondary N) is 2. The Kier molecular flexibility index (Phi) is 5.23. The fraction of sp³-hybridized carbons (Fsp3) is 0.625. The Morgan fingerprint density at radius 1 is 1.37 bits per heavy atom. The minimum Gasteiger partial charge on any atom is -0.395 e. The van der Waals surface area contributed by atoms with Crippen LogP contribution in [0.5, 0.6) is 0 Å². The molecular weight excluding hydrogens is 236 g/mol. The van der Waals surface area contributed by atoms with Gasteiger partial charge in [0.05, 0.1) is 6.61 Å². The summed E-state index contributed by atoms with van der Waals surface area (Å²) in [5.74, 6) is 0.604. The van der Waals surface area contributed by atoms with Crippen molar-refractivity contribution in [3.05, 3.63) is 29.3 Å². The molecular formula is C16H26N2O. The SMILES string of the molecule is CC(C)CC(CO)NCc1cccc2c1NCCC2. The van der Waals surface area contributed by atoms with Crippen molar-refractivity contribution < 1.29 is 5.11 Å². The maximum Gasteiger partial charge on any atom is 0.0584 e. The number of aliphatic hydroxyl groups excluding tert-OH is 1. The van der Waals surface area contributed by atoms with E-state index in [0.717, 1.165) is 19.5 Å². The molecule has 0 bridgehead atoms. The molecule has 0 saturated carbocycles. The minimum atomic E-state index is 0.194. The molecule has 19 heavy (non-hydrogen) atoms. The highest BCUT2D eigenvalue weighted by molar-refractivity contribution is 5.59. The standard InChI is InChI=1S/C16H26N2O/c1-12(2)9-15(11-19)18-10-14-6-3-5-13-7-4-8-17-16(13)14/h3,5-6,12,15,17-19H,4,7-11H2,1-2H3. The molecule has 1 atom stereocenters. The summed E-state index contributed by atoms with van der Waals surface area (Å²) in [5.41, 5.74) is 4.05. The monoisotopic (exact) mass is 262 g/mol. The summed E-state index contributed by atoms with van der Waals surface area (Å²) in [4.78, 5) is 0. The second-order valence-electron chi connectivity index (χ2n) is 5.87. The molecule has 0 saturated heterocycles. The Hall–Kier alpha value is -1.06. The van der Waals surface area contributed by atoms with Crippen molar-refractivity contribution in [2.75, 3.05) is 18.5 Å². The highest BCUT2D eigenvalue weighted by Gasteiger charge is 2.14. The van der Waals surface area contributed by atoms with E-state index in [-0.39, 0.29) is 12.6 Å². The van der Waals surface area contributed by atoms with E-state index in [9.17, 15) is 5.11 Å². The van der Waals surface area contributed by atoms with Gasteiger partial charge in [-0.3, -0.25) is 0 Å². The smallest absolute Gasteiger partial charge is 0.0584 e. The molecule has 2 rings (SSSR count). The Morgan fingerprint density at radius 3 is 2.95 bits per heavy atom. The highest BCUT2D eigenvalue weighted by atomic mass is 16.3. The molecule has 0 aromatic heterocycles. The highest BCUT2D eigenvalue weighted by Crippen LogP contribution is 2.26. The number of aryl methyl sites for hydroxylation is 1. The van der Waals surface area contributed by atoms with Crippen molar-refractivity contribution in [1.29, 1.82) is 0 Å². The van der Waals surface area contributed by atoms with Crippen molar-refractivity contribution in [2.24, 2.45) is 5.92 Å². The minimum absolute atomic E-state index is 0.194. The Balaban J connectivity index is 1.99. The van der Waals surface area contributed by atoms with E-state index in [4.69, 9.17) is 0 Å². The first kappa shape index (κ1) is 14.4. The van der Waals surface area contributed by atoms with Gasteiger partial charge in [0.2, 0.25) is 0 Å². The summed E-state index contributed by atoms with van der Waals surface area (Å²) >= 11 is 0. The van der Waals surface area contributed by atoms with E-state index in [1.54, 1.807) is 0 Å². The van der Waals surface area contributed by atoms with E-state index in [0.29, 0.717) is 5.92 Å². The van der Waals surface area contributed by atoms with Crippen molar-refractivity contribution >= 4 is 5.69 Å². The molecule has 3 N–H and O–H groups in total. The van der Waals surface area contributed by atoms with Gasteiger partial charge in [-0.1, -0.05) is 32.0 Å². The van der Waals surface area contributed by atoms with E-state index in [1.807, 2.05) is 0 Å². The number of fused-ring (bicyclic) bond motifs is 1. The van der Waals surface area contributed by atoms with Crippen LogP contribution in [0.2, 0.25) is 0 Å². The molecule has 0 radical (unpaired) electrons. The number of aliphatic hydroxyl groups is 1. The molecule has 0 fully saturated rings. The third-order valence-electron chi connectivity index (χ3n) is 3.72. The van der Waals surface area contributed by atoms with Gasteiger partial charge in [-0.05, 0) is 36.3 Å². The molecule has 1 aliphatic heterocycles. The van der Waals surface area contributed by atoms with Gasteiger partial charge in [-0.2, -0.15) is 0 Å². The summed E-state index contributed by atoms with van der Waals surface area (Å²) in [6.07, 6.45) is 3.40. The van der Waals surface area contributed by atoms with Gasteiger partial charge in [-0.25, -0.2) is 0 Å². The van der Waals surface area contributed by atoms with Gasteiger partial charge >= 0.3 is 0 Å². The van der Waals surface area contributed by atoms with Gasteiger partial charge in [-0.15, -0.1) is 0 Å². The second-order valence-corrected chi connectivity index (χ2v) is 5.87. The molecule has 3 heteroatoms. The third-order valence-corrected chi connectivity index (χ3v) is 3.72. The summed E-state index contributed by atoms with van der Waals surface area (Å²) in [7, 11) is 0. The van der Waals surface area contributed by atoms with Gasteiger partial charge < -0.3 is 15.7 Å². The van der Waals surface area contributed by atoms with Gasteiger partial charge in [0.1, 0.15) is 0 Å². The van der Waals surface area contributed by atoms with Crippen LogP contribution in [0.25, 0.3) is 0 Å². The number of anilines is 1. The molecule has 106 valence electrons. The fourth-order valence-corrected chi connectivity index (χ4v) is 2.77. The number of hydrogen-bond donors (Lipinski definition) is 3. The van der Waals surface area contributed by atoms with Crippen LogP contribution >= 0.6 is 0 Å². The summed E-state index contributed by atoms with van der Waals surface area (Å²) in [5, 5.41) is 16.4. The van der Waals surface area contributed by atoms with Crippen LogP contribution in [0.4, 0.5) is 5.69 Å². The first-order valence-corrected chi connectivity index (χ1v) is 7.39. The van der Waals surface area contributed by atoms with Crippen LogP contribution in [-0.2, 0) is 13.0 Å². The molecule has 3 nitrogen and oxygen atoms in total. The van der Waals surface area contributed by atoms with Crippen LogP contribution in [0.15, 0.2) is 18.2 Å². The molecule has 1 aromatic carbocycles. The van der Waals surface area contributed by atoms with Gasteiger partial charge in [0.15, 0.2) is 0 Å². The quantitative estimate of drug-likeness (QED) is 0.738. The average molecular weight is 262 g/mol. The molecule has 0 aliphatic carbocycles. The molecule has 1 aromatic rings. The summed E-state index contributed by atoms with van der Waals surface area (Å²) in [6, 6.07) is 6.72. The third kappa shape index (κ3) is 3.95. The maximum absolute atomic E-state index is 9.41. The molecule has 1 heterocycles. The van der Waals surface area contributed by atoms with Crippen molar-refractivity contribution in [1.82, 2.24) is 5.32 Å². The van der Waals surface area contributed by atoms with Crippen LogP contribution in [0, 0.1) is 5.92 Å². The van der Waals surface area contributed by atoms with E-state index in [1.165, 1.54) is 29.7 Å². The lowest BCUT2D eigenvalue weighted by molar-refractivity contribution is 0.223. The Labute approximate surface area is 116 Å². The molecule has 0 spiro atoms. The number of para-hydroxylation sites is 1. The number of rotatable bonds is 6. The number of benzene rings is 1. The van der Waals surface area contributed by atoms with Crippen molar-refractivity contribution in [2.45, 2.75) is 45.7 Å². The van der Waals surface area contributed by atoms with E-state index < -0.39 is 0 Å². The normalized spacial score (nSPS) is 16.0. The predicted molar refractivity (Wildman–Crippen MR) is 80.4 cm³/mol. The topological polar surface area (TPSA) is 44.3 Å². The summed E-state index contributed by atoms with van der Waals surface area (Å²) in [6.45, 7) is 6.49. The van der Waals surface area contributed by atoms with E-state index >= 15 is 0 Å². The largest absolute Gasteiger partial charge is 0.395 e. The van der Waals surface area contributed by atoms with E-state index in [2.05, 4.69) is 42.7 Å². The first-order valence-electron chi connectivity index (χ1n) is 7.39. The zero-order valence-electron chi connectivity index (χ0n) is 12.1. The Bertz CT molecular complexity index is 404. The van der Waals surface area contributed by atoms with Crippen molar-refractivity contribution in [3.63, 3.8) is 0 Å². The van der Waals surface area contributed by atoms with Gasteiger partial charge in [0.25, 0.3) is 0 Å². The van der Waals surface area contributed by atoms with Crippen LogP contribution in [0.3, 0.4) is 0 Å². The predicted octanol–water partition coefficient (Wildman–Crippen LogP) is 2.54.